The van der Waals surface area contributed by atoms with Crippen molar-refractivity contribution in [3.05, 3.63) is 72.9 Å². The fourth-order valence-corrected chi connectivity index (χ4v) is 7.18. The first-order valence-electron chi connectivity index (χ1n) is 26.5. The van der Waals surface area contributed by atoms with Crippen LogP contribution < -0.4 is 0 Å². The van der Waals surface area contributed by atoms with E-state index in [4.69, 9.17) is 14.2 Å². The lowest BCUT2D eigenvalue weighted by Crippen LogP contribution is -2.30. The van der Waals surface area contributed by atoms with E-state index in [1.54, 1.807) is 0 Å². The van der Waals surface area contributed by atoms with Crippen LogP contribution in [-0.4, -0.2) is 37.2 Å². The van der Waals surface area contributed by atoms with Gasteiger partial charge in [0.05, 0.1) is 0 Å². The van der Waals surface area contributed by atoms with Gasteiger partial charge < -0.3 is 14.2 Å². The van der Waals surface area contributed by atoms with E-state index >= 15 is 0 Å². The van der Waals surface area contributed by atoms with Crippen LogP contribution in [0.1, 0.15) is 252 Å². The summed E-state index contributed by atoms with van der Waals surface area (Å²) >= 11 is 0. The van der Waals surface area contributed by atoms with Crippen molar-refractivity contribution >= 4 is 17.9 Å². The van der Waals surface area contributed by atoms with E-state index in [2.05, 4.69) is 93.7 Å². The molecule has 0 heterocycles. The fourth-order valence-electron chi connectivity index (χ4n) is 7.18. The number of unbranched alkanes of at least 4 members (excludes halogenated alkanes) is 27. The summed E-state index contributed by atoms with van der Waals surface area (Å²) in [7, 11) is 0. The molecule has 0 rings (SSSR count). The van der Waals surface area contributed by atoms with Crippen molar-refractivity contribution in [2.45, 2.75) is 258 Å². The minimum absolute atomic E-state index is 0.0904. The van der Waals surface area contributed by atoms with Crippen molar-refractivity contribution in [3.63, 3.8) is 0 Å². The molecule has 0 saturated carbocycles. The van der Waals surface area contributed by atoms with E-state index in [9.17, 15) is 14.4 Å². The molecule has 6 nitrogen and oxygen atoms in total. The van der Waals surface area contributed by atoms with Crippen LogP contribution in [0.2, 0.25) is 0 Å². The van der Waals surface area contributed by atoms with Gasteiger partial charge in [0.25, 0.3) is 0 Å². The molecular formula is C57H98O6. The number of ether oxygens (including phenoxy) is 3. The van der Waals surface area contributed by atoms with Gasteiger partial charge in [-0.25, -0.2) is 0 Å². The van der Waals surface area contributed by atoms with Gasteiger partial charge in [0, 0.05) is 19.3 Å². The number of carbonyl (C=O) groups is 3. The number of hydrogen-bond donors (Lipinski definition) is 0. The van der Waals surface area contributed by atoms with Crippen molar-refractivity contribution in [1.82, 2.24) is 0 Å². The molecular weight excluding hydrogens is 781 g/mol. The average Bonchev–Trinajstić information content (AvgIpc) is 3.28. The maximum Gasteiger partial charge on any atom is 0.306 e. The minimum Gasteiger partial charge on any atom is -0.462 e. The third-order valence-electron chi connectivity index (χ3n) is 11.2. The monoisotopic (exact) mass is 879 g/mol. The Morgan fingerprint density at radius 2 is 0.556 bits per heavy atom. The molecule has 0 N–H and O–H groups in total. The van der Waals surface area contributed by atoms with Gasteiger partial charge in [0.1, 0.15) is 13.2 Å². The Morgan fingerprint density at radius 1 is 0.317 bits per heavy atom. The predicted octanol–water partition coefficient (Wildman–Crippen LogP) is 17.4. The van der Waals surface area contributed by atoms with Gasteiger partial charge >= 0.3 is 17.9 Å². The summed E-state index contributed by atoms with van der Waals surface area (Å²) in [6.07, 6.45) is 64.4. The number of carbonyl (C=O) groups excluding carboxylic acids is 3. The zero-order chi connectivity index (χ0) is 45.8. The molecule has 0 amide bonds. The molecule has 63 heavy (non-hydrogen) atoms. The Balaban J connectivity index is 4.45. The fraction of sp³-hybridized carbons (Fsp3) is 0.737. The maximum atomic E-state index is 12.8. The van der Waals surface area contributed by atoms with E-state index < -0.39 is 6.10 Å². The maximum absolute atomic E-state index is 12.8. The van der Waals surface area contributed by atoms with Crippen molar-refractivity contribution in [3.8, 4) is 0 Å². The van der Waals surface area contributed by atoms with Crippen LogP contribution in [-0.2, 0) is 28.6 Å². The molecule has 6 heteroatoms. The summed E-state index contributed by atoms with van der Waals surface area (Å²) in [5.74, 6) is -0.922. The quantitative estimate of drug-likeness (QED) is 0.0262. The zero-order valence-electron chi connectivity index (χ0n) is 41.3. The SMILES string of the molecule is CCCCC/C=C/C=C/CCCCCCCCC(=O)OCC(COC(=O)CCCCCCCC/C=C/C=C/CCCCC)OC(=O)CCCCCCCC/C=C/C=C/CCCCC. The lowest BCUT2D eigenvalue weighted by Gasteiger charge is -2.18. The Labute approximate surface area is 389 Å². The number of allylic oxidation sites excluding steroid dienone is 12. The van der Waals surface area contributed by atoms with Crippen LogP contribution in [0.5, 0.6) is 0 Å². The predicted molar refractivity (Wildman–Crippen MR) is 270 cm³/mol. The lowest BCUT2D eigenvalue weighted by molar-refractivity contribution is -0.167. The molecule has 0 aliphatic carbocycles. The van der Waals surface area contributed by atoms with Crippen LogP contribution in [0, 0.1) is 0 Å². The van der Waals surface area contributed by atoms with Crippen LogP contribution in [0.4, 0.5) is 0 Å². The van der Waals surface area contributed by atoms with E-state index in [0.29, 0.717) is 19.3 Å². The number of hydrogen-bond acceptors (Lipinski definition) is 6. The van der Waals surface area contributed by atoms with Gasteiger partial charge in [0.2, 0.25) is 0 Å². The standard InChI is InChI=1S/C57H98O6/c1-4-7-10-13-16-19-22-25-28-31-34-37-40-43-46-49-55(58)61-52-54(63-57(60)51-48-45-42-39-36-33-30-27-24-21-18-15-12-9-6-3)53-62-56(59)50-47-44-41-38-35-32-29-26-23-20-17-14-11-8-5-2/h16-27,54H,4-15,28-53H2,1-3H3/b19-16+,20-17+,21-18+,25-22+,26-23+,27-24+. The highest BCUT2D eigenvalue weighted by molar-refractivity contribution is 5.71. The highest BCUT2D eigenvalue weighted by Crippen LogP contribution is 2.14. The van der Waals surface area contributed by atoms with Gasteiger partial charge in [-0.3, -0.25) is 14.4 Å². The third-order valence-corrected chi connectivity index (χ3v) is 11.2. The van der Waals surface area contributed by atoms with Crippen LogP contribution in [0.25, 0.3) is 0 Å². The number of rotatable bonds is 47. The van der Waals surface area contributed by atoms with Crippen molar-refractivity contribution in [2.75, 3.05) is 13.2 Å². The molecule has 0 aromatic heterocycles. The summed E-state index contributed by atoms with van der Waals surface area (Å²) in [6.45, 7) is 6.52. The first-order valence-corrected chi connectivity index (χ1v) is 26.5. The first-order chi connectivity index (χ1) is 31.0. The Kier molecular flexibility index (Phi) is 48.9. The van der Waals surface area contributed by atoms with Gasteiger partial charge in [-0.2, -0.15) is 0 Å². The van der Waals surface area contributed by atoms with Gasteiger partial charge in [-0.1, -0.05) is 209 Å². The van der Waals surface area contributed by atoms with Crippen molar-refractivity contribution in [1.29, 1.82) is 0 Å². The zero-order valence-corrected chi connectivity index (χ0v) is 41.3. The second-order valence-corrected chi connectivity index (χ2v) is 17.5. The molecule has 0 aliphatic heterocycles. The van der Waals surface area contributed by atoms with E-state index in [1.165, 1.54) is 128 Å². The highest BCUT2D eigenvalue weighted by Gasteiger charge is 2.19. The smallest absolute Gasteiger partial charge is 0.306 e. The van der Waals surface area contributed by atoms with Crippen molar-refractivity contribution < 1.29 is 28.6 Å². The second-order valence-electron chi connectivity index (χ2n) is 17.5. The molecule has 0 radical (unpaired) electrons. The second kappa shape index (κ2) is 51.5. The lowest BCUT2D eigenvalue weighted by atomic mass is 10.1. The Hall–Kier alpha value is -3.15. The summed E-state index contributed by atoms with van der Waals surface area (Å²) in [5.41, 5.74) is 0. The minimum atomic E-state index is -0.791. The van der Waals surface area contributed by atoms with Gasteiger partial charge in [0.15, 0.2) is 6.10 Å². The molecule has 0 unspecified atom stereocenters. The molecule has 0 atom stereocenters. The molecule has 0 saturated heterocycles. The van der Waals surface area contributed by atoms with E-state index in [1.807, 2.05) is 0 Å². The third kappa shape index (κ3) is 49.7. The highest BCUT2D eigenvalue weighted by atomic mass is 16.6. The summed E-state index contributed by atoms with van der Waals surface area (Å²) in [4.78, 5) is 38.0. The van der Waals surface area contributed by atoms with E-state index in [0.717, 1.165) is 83.5 Å². The molecule has 362 valence electrons. The summed E-state index contributed by atoms with van der Waals surface area (Å²) in [5, 5.41) is 0. The van der Waals surface area contributed by atoms with Crippen LogP contribution in [0.15, 0.2) is 72.9 Å². The van der Waals surface area contributed by atoms with E-state index in [-0.39, 0.29) is 31.1 Å². The normalized spacial score (nSPS) is 12.2. The van der Waals surface area contributed by atoms with Crippen LogP contribution in [0.3, 0.4) is 0 Å². The Bertz CT molecular complexity index is 1130. The molecule has 0 aliphatic rings. The summed E-state index contributed by atoms with van der Waals surface area (Å²) in [6, 6.07) is 0. The molecule has 0 bridgehead atoms. The molecule has 0 aromatic carbocycles. The van der Waals surface area contributed by atoms with Crippen LogP contribution >= 0.6 is 0 Å². The first kappa shape index (κ1) is 59.9. The average molecular weight is 879 g/mol. The molecule has 0 fully saturated rings. The molecule has 0 aromatic rings. The summed E-state index contributed by atoms with van der Waals surface area (Å²) < 4.78 is 16.8. The Morgan fingerprint density at radius 3 is 0.841 bits per heavy atom. The van der Waals surface area contributed by atoms with Crippen molar-refractivity contribution in [2.24, 2.45) is 0 Å². The largest absolute Gasteiger partial charge is 0.462 e. The van der Waals surface area contributed by atoms with Gasteiger partial charge in [-0.15, -0.1) is 0 Å². The topological polar surface area (TPSA) is 78.9 Å². The van der Waals surface area contributed by atoms with Gasteiger partial charge in [-0.05, 0) is 96.3 Å². The number of esters is 3. The molecule has 0 spiro atoms.